The summed E-state index contributed by atoms with van der Waals surface area (Å²) in [5, 5.41) is 3.25. The van der Waals surface area contributed by atoms with E-state index in [-0.39, 0.29) is 11.7 Å². The van der Waals surface area contributed by atoms with Crippen LogP contribution in [0.25, 0.3) is 0 Å². The zero-order valence-corrected chi connectivity index (χ0v) is 11.7. The van der Waals surface area contributed by atoms with Crippen molar-refractivity contribution in [3.05, 3.63) is 47.5 Å². The van der Waals surface area contributed by atoms with Gasteiger partial charge in [-0.25, -0.2) is 14.4 Å². The fraction of sp³-hybridized carbons (Fsp3) is 0.333. The molecule has 0 bridgehead atoms. The van der Waals surface area contributed by atoms with Gasteiger partial charge >= 0.3 is 0 Å². The third-order valence-corrected chi connectivity index (χ3v) is 3.09. The lowest BCUT2D eigenvalue weighted by Crippen LogP contribution is -2.12. The lowest BCUT2D eigenvalue weighted by atomic mass is 10.0. The van der Waals surface area contributed by atoms with Crippen LogP contribution in [0.3, 0.4) is 0 Å². The van der Waals surface area contributed by atoms with Crippen LogP contribution in [0.2, 0.25) is 0 Å². The van der Waals surface area contributed by atoms with E-state index in [0.29, 0.717) is 12.4 Å². The molecule has 20 heavy (non-hydrogen) atoms. The highest BCUT2D eigenvalue weighted by Crippen LogP contribution is 2.26. The van der Waals surface area contributed by atoms with Crippen LogP contribution in [-0.4, -0.2) is 16.5 Å². The number of halogens is 1. The molecule has 0 amide bonds. The van der Waals surface area contributed by atoms with E-state index in [0.717, 1.165) is 23.4 Å². The molecule has 0 saturated carbocycles. The Morgan fingerprint density at radius 3 is 2.80 bits per heavy atom. The van der Waals surface area contributed by atoms with Crippen molar-refractivity contribution < 1.29 is 4.39 Å². The minimum atomic E-state index is -0.211. The summed E-state index contributed by atoms with van der Waals surface area (Å²) in [7, 11) is 0. The highest BCUT2D eigenvalue weighted by molar-refractivity contribution is 5.56. The Morgan fingerprint density at radius 1 is 1.30 bits per heavy atom. The molecule has 3 N–H and O–H groups in total. The Kier molecular flexibility index (Phi) is 4.50. The van der Waals surface area contributed by atoms with E-state index < -0.39 is 0 Å². The van der Waals surface area contributed by atoms with E-state index in [4.69, 9.17) is 5.73 Å². The topological polar surface area (TPSA) is 63.8 Å². The average molecular weight is 274 g/mol. The molecular formula is C15H19FN4. The van der Waals surface area contributed by atoms with Gasteiger partial charge in [-0.05, 0) is 30.0 Å². The van der Waals surface area contributed by atoms with Crippen molar-refractivity contribution in [2.24, 2.45) is 0 Å². The third-order valence-electron chi connectivity index (χ3n) is 3.09. The van der Waals surface area contributed by atoms with Gasteiger partial charge in [0.1, 0.15) is 23.8 Å². The first kappa shape index (κ1) is 14.2. The first-order valence-electron chi connectivity index (χ1n) is 6.66. The van der Waals surface area contributed by atoms with Crippen LogP contribution in [0, 0.1) is 5.82 Å². The molecule has 0 saturated heterocycles. The molecule has 0 aliphatic rings. The van der Waals surface area contributed by atoms with Crippen molar-refractivity contribution in [3.8, 4) is 0 Å². The smallest absolute Gasteiger partial charge is 0.134 e. The van der Waals surface area contributed by atoms with Gasteiger partial charge in [0, 0.05) is 12.1 Å². The molecule has 1 aromatic carbocycles. The van der Waals surface area contributed by atoms with Crippen LogP contribution >= 0.6 is 0 Å². The SMILES string of the molecule is CC(C)c1c(N)ncnc1NCCc1cccc(F)c1. The van der Waals surface area contributed by atoms with Crippen molar-refractivity contribution in [1.29, 1.82) is 0 Å². The molecule has 0 unspecified atom stereocenters. The molecule has 0 aliphatic carbocycles. The quantitative estimate of drug-likeness (QED) is 0.879. The number of nitrogens with one attached hydrogen (secondary N) is 1. The maximum Gasteiger partial charge on any atom is 0.134 e. The van der Waals surface area contributed by atoms with E-state index in [1.165, 1.54) is 12.4 Å². The van der Waals surface area contributed by atoms with Gasteiger partial charge in [-0.2, -0.15) is 0 Å². The first-order chi connectivity index (χ1) is 9.58. The Bertz CT molecular complexity index is 584. The van der Waals surface area contributed by atoms with E-state index in [9.17, 15) is 4.39 Å². The number of hydrogen-bond acceptors (Lipinski definition) is 4. The molecule has 1 aromatic heterocycles. The van der Waals surface area contributed by atoms with Crippen LogP contribution in [0.4, 0.5) is 16.0 Å². The molecule has 0 atom stereocenters. The molecule has 0 spiro atoms. The molecule has 106 valence electrons. The number of nitrogens with two attached hydrogens (primary N) is 1. The van der Waals surface area contributed by atoms with Crippen LogP contribution in [0.1, 0.15) is 30.9 Å². The van der Waals surface area contributed by atoms with Crippen molar-refractivity contribution in [3.63, 3.8) is 0 Å². The van der Waals surface area contributed by atoms with Crippen molar-refractivity contribution in [2.45, 2.75) is 26.2 Å². The fourth-order valence-electron chi connectivity index (χ4n) is 2.14. The summed E-state index contributed by atoms with van der Waals surface area (Å²) in [5.74, 6) is 1.29. The molecule has 0 radical (unpaired) electrons. The highest BCUT2D eigenvalue weighted by Gasteiger charge is 2.12. The van der Waals surface area contributed by atoms with Gasteiger partial charge in [0.15, 0.2) is 0 Å². The van der Waals surface area contributed by atoms with Gasteiger partial charge in [-0.3, -0.25) is 0 Å². The van der Waals surface area contributed by atoms with Crippen LogP contribution in [0.15, 0.2) is 30.6 Å². The van der Waals surface area contributed by atoms with Crippen LogP contribution in [-0.2, 0) is 6.42 Å². The Balaban J connectivity index is 2.03. The summed E-state index contributed by atoms with van der Waals surface area (Å²) >= 11 is 0. The lowest BCUT2D eigenvalue weighted by molar-refractivity contribution is 0.625. The molecule has 5 heteroatoms. The normalized spacial score (nSPS) is 10.8. The summed E-state index contributed by atoms with van der Waals surface area (Å²) in [4.78, 5) is 8.25. The molecule has 2 rings (SSSR count). The van der Waals surface area contributed by atoms with E-state index in [1.54, 1.807) is 12.1 Å². The van der Waals surface area contributed by atoms with E-state index in [2.05, 4.69) is 15.3 Å². The fourth-order valence-corrected chi connectivity index (χ4v) is 2.14. The van der Waals surface area contributed by atoms with Gasteiger partial charge in [0.25, 0.3) is 0 Å². The van der Waals surface area contributed by atoms with Crippen LogP contribution in [0.5, 0.6) is 0 Å². The number of aromatic nitrogens is 2. The van der Waals surface area contributed by atoms with E-state index in [1.807, 2.05) is 19.9 Å². The molecular weight excluding hydrogens is 255 g/mol. The van der Waals surface area contributed by atoms with Crippen LogP contribution < -0.4 is 11.1 Å². The number of rotatable bonds is 5. The predicted octanol–water partition coefficient (Wildman–Crippen LogP) is 2.98. The number of nitrogens with zero attached hydrogens (tertiary/aromatic N) is 2. The Morgan fingerprint density at radius 2 is 2.10 bits per heavy atom. The Labute approximate surface area is 118 Å². The van der Waals surface area contributed by atoms with Gasteiger partial charge in [0.2, 0.25) is 0 Å². The third kappa shape index (κ3) is 3.44. The first-order valence-corrected chi connectivity index (χ1v) is 6.66. The monoisotopic (exact) mass is 274 g/mol. The number of nitrogen functional groups attached to an aromatic ring is 1. The summed E-state index contributed by atoms with van der Waals surface area (Å²) in [5.41, 5.74) is 7.76. The molecule has 2 aromatic rings. The zero-order valence-electron chi connectivity index (χ0n) is 11.7. The highest BCUT2D eigenvalue weighted by atomic mass is 19.1. The summed E-state index contributed by atoms with van der Waals surface area (Å²) < 4.78 is 13.1. The minimum absolute atomic E-state index is 0.211. The lowest BCUT2D eigenvalue weighted by Gasteiger charge is -2.14. The standard InChI is InChI=1S/C15H19FN4/c1-10(2)13-14(17)19-9-20-15(13)18-7-6-11-4-3-5-12(16)8-11/h3-5,8-10H,6-7H2,1-2H3,(H3,17,18,19,20). The summed E-state index contributed by atoms with van der Waals surface area (Å²) in [6, 6.07) is 6.60. The number of hydrogen-bond donors (Lipinski definition) is 2. The van der Waals surface area contributed by atoms with Crippen molar-refractivity contribution in [2.75, 3.05) is 17.6 Å². The van der Waals surface area contributed by atoms with Gasteiger partial charge < -0.3 is 11.1 Å². The second-order valence-electron chi connectivity index (χ2n) is 4.98. The van der Waals surface area contributed by atoms with Crippen molar-refractivity contribution in [1.82, 2.24) is 9.97 Å². The van der Waals surface area contributed by atoms with E-state index >= 15 is 0 Å². The average Bonchev–Trinajstić information content (AvgIpc) is 2.38. The number of benzene rings is 1. The predicted molar refractivity (Wildman–Crippen MR) is 79.1 cm³/mol. The Hall–Kier alpha value is -2.17. The van der Waals surface area contributed by atoms with Gasteiger partial charge in [0.05, 0.1) is 0 Å². The molecule has 0 aliphatic heterocycles. The van der Waals surface area contributed by atoms with Gasteiger partial charge in [-0.1, -0.05) is 26.0 Å². The molecule has 4 nitrogen and oxygen atoms in total. The second kappa shape index (κ2) is 6.32. The summed E-state index contributed by atoms with van der Waals surface area (Å²) in [6.07, 6.45) is 2.17. The summed E-state index contributed by atoms with van der Waals surface area (Å²) in [6.45, 7) is 4.76. The molecule has 0 fully saturated rings. The van der Waals surface area contributed by atoms with Gasteiger partial charge in [-0.15, -0.1) is 0 Å². The molecule has 1 heterocycles. The maximum atomic E-state index is 13.1. The minimum Gasteiger partial charge on any atom is -0.383 e. The number of anilines is 2. The zero-order chi connectivity index (χ0) is 14.5. The maximum absolute atomic E-state index is 13.1. The largest absolute Gasteiger partial charge is 0.383 e. The second-order valence-corrected chi connectivity index (χ2v) is 4.98. The van der Waals surface area contributed by atoms with Crippen molar-refractivity contribution >= 4 is 11.6 Å².